The summed E-state index contributed by atoms with van der Waals surface area (Å²) in [6.07, 6.45) is 26.0. The molecule has 1 aliphatic carbocycles. The van der Waals surface area contributed by atoms with Gasteiger partial charge in [-0.15, -0.1) is 0 Å². The van der Waals surface area contributed by atoms with Gasteiger partial charge in [-0.1, -0.05) is 60.8 Å². The van der Waals surface area contributed by atoms with Crippen molar-refractivity contribution < 1.29 is 0 Å². The minimum Gasteiger partial charge on any atom is -0.0845 e. The van der Waals surface area contributed by atoms with Crippen LogP contribution in [0.3, 0.4) is 0 Å². The van der Waals surface area contributed by atoms with Crippen molar-refractivity contribution in [1.29, 1.82) is 0 Å². The van der Waals surface area contributed by atoms with Crippen molar-refractivity contribution in [2.75, 3.05) is 0 Å². The van der Waals surface area contributed by atoms with Crippen LogP contribution in [0.1, 0.15) is 25.7 Å². The summed E-state index contributed by atoms with van der Waals surface area (Å²) in [5, 5.41) is 0. The van der Waals surface area contributed by atoms with Gasteiger partial charge in [0.25, 0.3) is 0 Å². The summed E-state index contributed by atoms with van der Waals surface area (Å²) in [7, 11) is 0. The topological polar surface area (TPSA) is 0 Å². The molecular weight excluding hydrogens is 168 g/mol. The highest BCUT2D eigenvalue weighted by Gasteiger charge is 1.79. The predicted octanol–water partition coefficient (Wildman–Crippen LogP) is 4.34. The van der Waals surface area contributed by atoms with Crippen LogP contribution in [0.15, 0.2) is 60.8 Å². The van der Waals surface area contributed by atoms with E-state index in [1.165, 1.54) is 19.3 Å². The fourth-order valence-electron chi connectivity index (χ4n) is 1.22. The zero-order chi connectivity index (χ0) is 9.90. The molecule has 0 saturated heterocycles. The minimum atomic E-state index is 1.01. The quantitative estimate of drug-likeness (QED) is 0.528. The highest BCUT2D eigenvalue weighted by Crippen LogP contribution is 1.99. The van der Waals surface area contributed by atoms with Crippen LogP contribution in [-0.4, -0.2) is 0 Å². The number of hydrogen-bond acceptors (Lipinski definition) is 0. The summed E-state index contributed by atoms with van der Waals surface area (Å²) in [5.41, 5.74) is 0. The molecule has 0 heterocycles. The summed E-state index contributed by atoms with van der Waals surface area (Å²) in [6, 6.07) is 0. The monoisotopic (exact) mass is 186 g/mol. The Morgan fingerprint density at radius 2 is 1.00 bits per heavy atom. The van der Waals surface area contributed by atoms with Gasteiger partial charge in [-0.2, -0.15) is 0 Å². The molecule has 0 aromatic carbocycles. The lowest BCUT2D eigenvalue weighted by atomic mass is 10.2. The van der Waals surface area contributed by atoms with Crippen LogP contribution >= 0.6 is 0 Å². The van der Waals surface area contributed by atoms with Crippen molar-refractivity contribution in [3.63, 3.8) is 0 Å². The average Bonchev–Trinajstić information content (AvgIpc) is 2.22. The second-order valence-electron chi connectivity index (χ2n) is 3.26. The van der Waals surface area contributed by atoms with Crippen LogP contribution in [0.25, 0.3) is 0 Å². The van der Waals surface area contributed by atoms with Crippen LogP contribution in [0.5, 0.6) is 0 Å². The fourth-order valence-corrected chi connectivity index (χ4v) is 1.22. The molecule has 0 bridgehead atoms. The molecule has 0 fully saturated rings. The molecule has 0 aliphatic heterocycles. The van der Waals surface area contributed by atoms with Crippen LogP contribution in [0.4, 0.5) is 0 Å². The first-order valence-electron chi connectivity index (χ1n) is 5.30. The maximum absolute atomic E-state index is 2.23. The molecule has 1 aliphatic rings. The number of allylic oxidation sites excluding steroid dienone is 10. The minimum absolute atomic E-state index is 1.01. The molecule has 0 nitrogen and oxygen atoms in total. The lowest BCUT2D eigenvalue weighted by Crippen LogP contribution is -1.68. The summed E-state index contributed by atoms with van der Waals surface area (Å²) in [4.78, 5) is 0. The first-order chi connectivity index (χ1) is 7.00. The first kappa shape index (κ1) is 10.8. The van der Waals surface area contributed by atoms with Crippen molar-refractivity contribution in [1.82, 2.24) is 0 Å². The van der Waals surface area contributed by atoms with Gasteiger partial charge in [-0.05, 0) is 25.7 Å². The number of rotatable bonds is 0. The smallest absolute Gasteiger partial charge is 0.0163 e. The highest BCUT2D eigenvalue weighted by atomic mass is 13.9. The third-order valence-corrected chi connectivity index (χ3v) is 2.00. The van der Waals surface area contributed by atoms with Crippen molar-refractivity contribution in [2.24, 2.45) is 0 Å². The van der Waals surface area contributed by atoms with Gasteiger partial charge in [0.1, 0.15) is 0 Å². The van der Waals surface area contributed by atoms with Gasteiger partial charge >= 0.3 is 0 Å². The Kier molecular flexibility index (Phi) is 6.39. The summed E-state index contributed by atoms with van der Waals surface area (Å²) >= 11 is 0. The second-order valence-corrected chi connectivity index (χ2v) is 3.26. The normalized spacial score (nSPS) is 27.4. The Balaban J connectivity index is 2.45. The lowest BCUT2D eigenvalue weighted by molar-refractivity contribution is 0.868. The van der Waals surface area contributed by atoms with Crippen molar-refractivity contribution in [3.8, 4) is 0 Å². The molecule has 0 spiro atoms. The standard InChI is InChI=1S/C14H18/c1-2-4-6-8-10-12-14-13-11-9-7-5-3-1/h1-6,9,11,13-14H,7-8,10,12H2/b2-1+,5-3+,6-4-,11-9-,14-13?. The van der Waals surface area contributed by atoms with E-state index in [-0.39, 0.29) is 0 Å². The number of hydrogen-bond donors (Lipinski definition) is 0. The van der Waals surface area contributed by atoms with Gasteiger partial charge in [-0.3, -0.25) is 0 Å². The lowest BCUT2D eigenvalue weighted by Gasteiger charge is -1.89. The zero-order valence-corrected chi connectivity index (χ0v) is 8.60. The SMILES string of the molecule is C1=CCCC\C=C/C=C/C=C/C/C=C\1. The van der Waals surface area contributed by atoms with Gasteiger partial charge in [0.15, 0.2) is 0 Å². The summed E-state index contributed by atoms with van der Waals surface area (Å²) in [5.74, 6) is 0. The van der Waals surface area contributed by atoms with E-state index in [2.05, 4.69) is 60.8 Å². The molecule has 0 atom stereocenters. The molecule has 1 rings (SSSR count). The summed E-state index contributed by atoms with van der Waals surface area (Å²) < 4.78 is 0. The third-order valence-electron chi connectivity index (χ3n) is 2.00. The molecule has 0 saturated carbocycles. The van der Waals surface area contributed by atoms with Gasteiger partial charge in [0.05, 0.1) is 0 Å². The highest BCUT2D eigenvalue weighted by molar-refractivity contribution is 5.13. The molecule has 0 unspecified atom stereocenters. The van der Waals surface area contributed by atoms with E-state index in [0.717, 1.165) is 6.42 Å². The molecule has 74 valence electrons. The van der Waals surface area contributed by atoms with Crippen molar-refractivity contribution in [3.05, 3.63) is 60.8 Å². The van der Waals surface area contributed by atoms with Crippen LogP contribution in [0, 0.1) is 0 Å². The van der Waals surface area contributed by atoms with Gasteiger partial charge in [-0.25, -0.2) is 0 Å². The van der Waals surface area contributed by atoms with E-state index < -0.39 is 0 Å². The Labute approximate surface area is 87.0 Å². The second kappa shape index (κ2) is 8.31. The Morgan fingerprint density at radius 3 is 1.71 bits per heavy atom. The molecule has 0 aromatic heterocycles. The molecule has 0 aromatic rings. The van der Waals surface area contributed by atoms with Gasteiger partial charge < -0.3 is 0 Å². The molecule has 0 radical (unpaired) electrons. The van der Waals surface area contributed by atoms with Crippen LogP contribution in [0.2, 0.25) is 0 Å². The van der Waals surface area contributed by atoms with Crippen molar-refractivity contribution in [2.45, 2.75) is 25.7 Å². The van der Waals surface area contributed by atoms with Crippen LogP contribution < -0.4 is 0 Å². The van der Waals surface area contributed by atoms with Gasteiger partial charge in [0.2, 0.25) is 0 Å². The van der Waals surface area contributed by atoms with Crippen LogP contribution in [-0.2, 0) is 0 Å². The Morgan fingerprint density at radius 1 is 0.500 bits per heavy atom. The van der Waals surface area contributed by atoms with E-state index in [9.17, 15) is 0 Å². The van der Waals surface area contributed by atoms with Crippen molar-refractivity contribution >= 4 is 0 Å². The zero-order valence-electron chi connectivity index (χ0n) is 8.60. The Bertz CT molecular complexity index is 262. The molecule has 0 amide bonds. The van der Waals surface area contributed by atoms with Gasteiger partial charge in [0, 0.05) is 0 Å². The third kappa shape index (κ3) is 6.24. The van der Waals surface area contributed by atoms with E-state index in [0.29, 0.717) is 0 Å². The maximum atomic E-state index is 2.23. The average molecular weight is 186 g/mol. The molecule has 14 heavy (non-hydrogen) atoms. The molecule has 0 heteroatoms. The summed E-state index contributed by atoms with van der Waals surface area (Å²) in [6.45, 7) is 0. The molecular formula is C14H18. The van der Waals surface area contributed by atoms with E-state index in [4.69, 9.17) is 0 Å². The Hall–Kier alpha value is -1.30. The fraction of sp³-hybridized carbons (Fsp3) is 0.286. The predicted molar refractivity (Wildman–Crippen MR) is 64.2 cm³/mol. The van der Waals surface area contributed by atoms with E-state index >= 15 is 0 Å². The largest absolute Gasteiger partial charge is 0.0845 e. The van der Waals surface area contributed by atoms with E-state index in [1.807, 2.05) is 0 Å². The van der Waals surface area contributed by atoms with E-state index in [1.54, 1.807) is 0 Å². The maximum Gasteiger partial charge on any atom is -0.0163 e. The first-order valence-corrected chi connectivity index (χ1v) is 5.30. The molecule has 0 N–H and O–H groups in total.